The molecular formula is C17H21BrCl2N4O2. The summed E-state index contributed by atoms with van der Waals surface area (Å²) >= 11 is 3.37. The van der Waals surface area contributed by atoms with Gasteiger partial charge in [-0.15, -0.1) is 24.8 Å². The van der Waals surface area contributed by atoms with Gasteiger partial charge >= 0.3 is 0 Å². The Kier molecular flexibility index (Phi) is 10.7. The van der Waals surface area contributed by atoms with Crippen molar-refractivity contribution in [2.75, 3.05) is 13.2 Å². The average molecular weight is 464 g/mol. The third-order valence-electron chi connectivity index (χ3n) is 3.22. The molecule has 0 amide bonds. The topological polar surface area (TPSA) is 118 Å². The molecule has 0 spiro atoms. The van der Waals surface area contributed by atoms with Gasteiger partial charge < -0.3 is 20.9 Å². The molecule has 6 N–H and O–H groups in total. The van der Waals surface area contributed by atoms with E-state index in [1.165, 1.54) is 0 Å². The smallest absolute Gasteiger partial charge is 0.123 e. The fourth-order valence-corrected chi connectivity index (χ4v) is 2.55. The fraction of sp³-hybridized carbons (Fsp3) is 0.176. The van der Waals surface area contributed by atoms with Crippen molar-refractivity contribution in [1.82, 2.24) is 0 Å². The summed E-state index contributed by atoms with van der Waals surface area (Å²) in [6.07, 6.45) is 0.723. The zero-order valence-electron chi connectivity index (χ0n) is 13.8. The predicted octanol–water partition coefficient (Wildman–Crippen LogP) is 3.71. The first-order valence-electron chi connectivity index (χ1n) is 7.31. The maximum atomic E-state index is 7.43. The van der Waals surface area contributed by atoms with Gasteiger partial charge in [-0.2, -0.15) is 0 Å². The van der Waals surface area contributed by atoms with Crippen LogP contribution < -0.4 is 20.9 Å². The molecule has 0 fully saturated rings. The molecule has 6 nitrogen and oxygen atoms in total. The van der Waals surface area contributed by atoms with Crippen LogP contribution in [0.1, 0.15) is 17.5 Å². The van der Waals surface area contributed by atoms with Crippen LogP contribution in [-0.4, -0.2) is 24.9 Å². The number of nitrogens with one attached hydrogen (secondary N) is 2. The van der Waals surface area contributed by atoms with E-state index in [2.05, 4.69) is 15.9 Å². The van der Waals surface area contributed by atoms with Gasteiger partial charge in [0.15, 0.2) is 0 Å². The van der Waals surface area contributed by atoms with E-state index in [1.807, 2.05) is 0 Å². The Morgan fingerprint density at radius 3 is 1.88 bits per heavy atom. The highest BCUT2D eigenvalue weighted by molar-refractivity contribution is 9.10. The number of halogens is 3. The molecular weight excluding hydrogens is 443 g/mol. The van der Waals surface area contributed by atoms with E-state index in [4.69, 9.17) is 31.8 Å². The number of amidine groups is 2. The lowest BCUT2D eigenvalue weighted by Gasteiger charge is -2.10. The van der Waals surface area contributed by atoms with Gasteiger partial charge in [0.2, 0.25) is 0 Å². The summed E-state index contributed by atoms with van der Waals surface area (Å²) in [6.45, 7) is 1.03. The summed E-state index contributed by atoms with van der Waals surface area (Å²) in [7, 11) is 0. The number of benzene rings is 2. The molecule has 0 atom stereocenters. The van der Waals surface area contributed by atoms with Crippen LogP contribution in [0.4, 0.5) is 0 Å². The molecule has 2 aromatic rings. The van der Waals surface area contributed by atoms with Crippen molar-refractivity contribution in [1.29, 1.82) is 10.8 Å². The Morgan fingerprint density at radius 1 is 0.846 bits per heavy atom. The van der Waals surface area contributed by atoms with Crippen molar-refractivity contribution in [2.45, 2.75) is 6.42 Å². The second kappa shape index (κ2) is 11.6. The molecule has 0 aliphatic carbocycles. The van der Waals surface area contributed by atoms with E-state index < -0.39 is 0 Å². The van der Waals surface area contributed by atoms with E-state index >= 15 is 0 Å². The van der Waals surface area contributed by atoms with Crippen LogP contribution in [0.25, 0.3) is 0 Å². The molecule has 0 aromatic heterocycles. The third-order valence-corrected chi connectivity index (χ3v) is 3.88. The van der Waals surface area contributed by atoms with Crippen LogP contribution in [-0.2, 0) is 0 Å². The Labute approximate surface area is 173 Å². The highest BCUT2D eigenvalue weighted by Crippen LogP contribution is 2.23. The van der Waals surface area contributed by atoms with Gasteiger partial charge in [0.25, 0.3) is 0 Å². The number of hydrogen-bond acceptors (Lipinski definition) is 4. The molecule has 2 rings (SSSR count). The van der Waals surface area contributed by atoms with Crippen LogP contribution in [0.15, 0.2) is 46.9 Å². The number of hydrogen-bond donors (Lipinski definition) is 4. The van der Waals surface area contributed by atoms with Gasteiger partial charge in [0, 0.05) is 22.0 Å². The van der Waals surface area contributed by atoms with Gasteiger partial charge in [0.05, 0.1) is 13.2 Å². The SMILES string of the molecule is Cl.Cl.N=C(N)c1ccc(OCCCOc2ccc(C(=N)N)c(Br)c2)cc1. The minimum absolute atomic E-state index is 0. The Morgan fingerprint density at radius 2 is 1.38 bits per heavy atom. The molecule has 26 heavy (non-hydrogen) atoms. The van der Waals surface area contributed by atoms with E-state index in [-0.39, 0.29) is 36.5 Å². The highest BCUT2D eigenvalue weighted by Gasteiger charge is 2.05. The molecule has 0 unspecified atom stereocenters. The van der Waals surface area contributed by atoms with Crippen LogP contribution >= 0.6 is 40.7 Å². The third kappa shape index (κ3) is 7.11. The maximum absolute atomic E-state index is 7.43. The van der Waals surface area contributed by atoms with E-state index in [0.717, 1.165) is 16.6 Å². The van der Waals surface area contributed by atoms with E-state index in [1.54, 1.807) is 42.5 Å². The maximum Gasteiger partial charge on any atom is 0.123 e. The Bertz CT molecular complexity index is 742. The second-order valence-electron chi connectivity index (χ2n) is 5.04. The first-order valence-corrected chi connectivity index (χ1v) is 8.10. The fourth-order valence-electron chi connectivity index (χ4n) is 1.97. The number of nitrogen functional groups attached to an aromatic ring is 2. The molecule has 0 aliphatic rings. The molecule has 2 aromatic carbocycles. The molecule has 0 heterocycles. The monoisotopic (exact) mass is 462 g/mol. The van der Waals surface area contributed by atoms with Gasteiger partial charge in [-0.3, -0.25) is 10.8 Å². The molecule has 0 aliphatic heterocycles. The van der Waals surface area contributed by atoms with Crippen LogP contribution in [0.3, 0.4) is 0 Å². The summed E-state index contributed by atoms with van der Waals surface area (Å²) in [6, 6.07) is 12.4. The largest absolute Gasteiger partial charge is 0.493 e. The minimum atomic E-state index is 0. The van der Waals surface area contributed by atoms with Gasteiger partial charge in [-0.05, 0) is 58.4 Å². The van der Waals surface area contributed by atoms with Crippen LogP contribution in [0, 0.1) is 10.8 Å². The summed E-state index contributed by atoms with van der Waals surface area (Å²) in [5.74, 6) is 1.49. The van der Waals surface area contributed by atoms with Crippen LogP contribution in [0.2, 0.25) is 0 Å². The second-order valence-corrected chi connectivity index (χ2v) is 5.90. The van der Waals surface area contributed by atoms with Crippen molar-refractivity contribution in [3.63, 3.8) is 0 Å². The number of rotatable bonds is 8. The van der Waals surface area contributed by atoms with Crippen molar-refractivity contribution in [3.05, 3.63) is 58.1 Å². The van der Waals surface area contributed by atoms with Gasteiger partial charge in [-0.1, -0.05) is 0 Å². The summed E-state index contributed by atoms with van der Waals surface area (Å²) in [4.78, 5) is 0. The normalized spacial score (nSPS) is 9.42. The Balaban J connectivity index is 0.00000312. The lowest BCUT2D eigenvalue weighted by molar-refractivity contribution is 0.247. The minimum Gasteiger partial charge on any atom is -0.493 e. The van der Waals surface area contributed by atoms with E-state index in [9.17, 15) is 0 Å². The molecule has 9 heteroatoms. The van der Waals surface area contributed by atoms with Crippen molar-refractivity contribution in [2.24, 2.45) is 11.5 Å². The highest BCUT2D eigenvalue weighted by atomic mass is 79.9. The zero-order chi connectivity index (χ0) is 17.5. The summed E-state index contributed by atoms with van der Waals surface area (Å²) < 4.78 is 12.0. The molecule has 0 radical (unpaired) electrons. The first-order chi connectivity index (χ1) is 11.5. The molecule has 0 saturated carbocycles. The predicted molar refractivity (Wildman–Crippen MR) is 113 cm³/mol. The number of nitrogens with two attached hydrogens (primary N) is 2. The quantitative estimate of drug-likeness (QED) is 0.271. The van der Waals surface area contributed by atoms with Crippen molar-refractivity contribution >= 4 is 52.4 Å². The standard InChI is InChI=1S/C17H19BrN4O2.2ClH/c18-15-10-13(6-7-14(15)17(21)22)24-9-1-8-23-12-4-2-11(3-5-12)16(19)20;;/h2-7,10H,1,8-9H2,(H3,19,20)(H3,21,22);2*1H. The molecule has 0 bridgehead atoms. The van der Waals surface area contributed by atoms with Gasteiger partial charge in [-0.25, -0.2) is 0 Å². The van der Waals surface area contributed by atoms with Crippen molar-refractivity contribution < 1.29 is 9.47 Å². The Hall–Kier alpha value is -1.96. The zero-order valence-corrected chi connectivity index (χ0v) is 17.0. The van der Waals surface area contributed by atoms with E-state index in [0.29, 0.717) is 30.1 Å². The summed E-state index contributed by atoms with van der Waals surface area (Å²) in [5.41, 5.74) is 12.2. The lowest BCUT2D eigenvalue weighted by atomic mass is 10.2. The molecule has 142 valence electrons. The molecule has 0 saturated heterocycles. The first kappa shape index (κ1) is 24.0. The van der Waals surface area contributed by atoms with Crippen molar-refractivity contribution in [3.8, 4) is 11.5 Å². The van der Waals surface area contributed by atoms with Crippen LogP contribution in [0.5, 0.6) is 11.5 Å². The lowest BCUT2D eigenvalue weighted by Crippen LogP contribution is -2.12. The average Bonchev–Trinajstić information content (AvgIpc) is 2.54. The van der Waals surface area contributed by atoms with Gasteiger partial charge in [0.1, 0.15) is 23.2 Å². The number of ether oxygens (including phenoxy) is 2. The summed E-state index contributed by atoms with van der Waals surface area (Å²) in [5, 5.41) is 14.8.